The van der Waals surface area contributed by atoms with Crippen molar-refractivity contribution >= 4 is 40.4 Å². The molecule has 1 aliphatic rings. The van der Waals surface area contributed by atoms with Crippen LogP contribution in [0.25, 0.3) is 11.2 Å². The summed E-state index contributed by atoms with van der Waals surface area (Å²) < 4.78 is 52.3. The van der Waals surface area contributed by atoms with E-state index in [1.54, 1.807) is 0 Å². The SMILES string of the molecule is N[13c]1n[13cH]n[13c]2[13c]1n[13cH]n2[13C@H]1[13CH2][13C@@H](O)[13C@@H]([13CH2]OP(=O)(O)OP(=O)(O)OP(=O)(O)O)O1. The van der Waals surface area contributed by atoms with Gasteiger partial charge in [-0.15, -0.1) is 0 Å². The van der Waals surface area contributed by atoms with Crippen molar-refractivity contribution in [2.75, 3.05) is 12.3 Å². The molecule has 1 aliphatic heterocycles. The van der Waals surface area contributed by atoms with Crippen LogP contribution in [0.5, 0.6) is 0 Å². The highest BCUT2D eigenvalue weighted by molar-refractivity contribution is 7.66. The number of aromatic nitrogens is 4. The molecule has 0 aliphatic carbocycles. The van der Waals surface area contributed by atoms with E-state index in [1.165, 1.54) is 17.2 Å². The van der Waals surface area contributed by atoms with E-state index in [-0.39, 0.29) is 12.2 Å². The van der Waals surface area contributed by atoms with Gasteiger partial charge in [-0.05, 0) is 0 Å². The second-order valence-electron chi connectivity index (χ2n) is 5.90. The van der Waals surface area contributed by atoms with Crippen LogP contribution in [0, 0.1) is 0 Å². The zero-order valence-corrected chi connectivity index (χ0v) is 17.3. The molecule has 5 atom stereocenters. The predicted octanol–water partition coefficient (Wildman–Crippen LogP) is -0.600. The minimum atomic E-state index is -5.64. The molecule has 0 amide bonds. The summed E-state index contributed by atoms with van der Waals surface area (Å²) in [6.07, 6.45) is -0.643. The Hall–Kier alpha value is -1.32. The lowest BCUT2D eigenvalue weighted by atomic mass is 11.1. The zero-order chi connectivity index (χ0) is 22.3. The molecule has 0 bridgehead atoms. The van der Waals surface area contributed by atoms with Gasteiger partial charge in [0, 0.05) is 6.42 Å². The smallest absolute Gasteiger partial charge is 0.390 e. The highest BCUT2D eigenvalue weighted by Crippen LogP contribution is 2.66. The maximum Gasteiger partial charge on any atom is 0.490 e. The van der Waals surface area contributed by atoms with Crippen molar-refractivity contribution in [3.8, 4) is 0 Å². The summed E-state index contributed by atoms with van der Waals surface area (Å²) in [5.74, 6) is 0.126. The number of aliphatic hydroxyl groups excluding tert-OH is 1. The van der Waals surface area contributed by atoms with E-state index < -0.39 is 48.5 Å². The van der Waals surface area contributed by atoms with E-state index in [1.807, 2.05) is 0 Å². The quantitative estimate of drug-likeness (QED) is 0.195. The number of ether oxygens (including phenoxy) is 1. The molecule has 3 heterocycles. The summed E-state index contributed by atoms with van der Waals surface area (Å²) >= 11 is 0. The number of rotatable bonds is 8. The average molecular weight is 501 g/mol. The molecule has 0 aromatic carbocycles. The van der Waals surface area contributed by atoms with Crippen LogP contribution in [0.4, 0.5) is 5.82 Å². The number of fused-ring (bicyclic) bond motifs is 1. The van der Waals surface area contributed by atoms with Crippen LogP contribution >= 0.6 is 23.5 Å². The highest BCUT2D eigenvalue weighted by atomic mass is 31.3. The largest absolute Gasteiger partial charge is 0.490 e. The highest BCUT2D eigenvalue weighted by Gasteiger charge is 2.43. The molecule has 2 unspecified atom stereocenters. The van der Waals surface area contributed by atoms with E-state index in [4.69, 9.17) is 25.2 Å². The van der Waals surface area contributed by atoms with Crippen molar-refractivity contribution in [2.45, 2.75) is 24.9 Å². The minimum absolute atomic E-state index is 0.000206. The molecule has 3 rings (SSSR count). The molecule has 0 spiro atoms. The van der Waals surface area contributed by atoms with Crippen LogP contribution in [0.3, 0.4) is 0 Å². The first-order valence-corrected chi connectivity index (χ1v) is 12.3. The van der Waals surface area contributed by atoms with Gasteiger partial charge in [0.1, 0.15) is 24.2 Å². The maximum atomic E-state index is 11.8. The molecule has 2 aromatic rings. The molecule has 1 saturated heterocycles. The molecular weight excluding hydrogens is 485 g/mol. The number of nitrogens with zero attached hydrogens (tertiary/aromatic N) is 4. The summed E-state index contributed by atoms with van der Waals surface area (Å²) in [5, 5.41) is 10.1. The van der Waals surface area contributed by atoms with Crippen molar-refractivity contribution in [1.29, 1.82) is 0 Å². The summed E-state index contributed by atoms with van der Waals surface area (Å²) in [6.45, 7) is -0.787. The van der Waals surface area contributed by atoms with E-state index in [0.29, 0.717) is 11.2 Å². The van der Waals surface area contributed by atoms with E-state index >= 15 is 0 Å². The standard InChI is InChI=1S/C10H16N5O12P3/c11-9-8-10(13-3-12-9)15(4-14-8)7-1-5(16)6(25-7)2-24-29(20,21)27-30(22,23)26-28(17,18)19/h3-7,16H,1-2H2,(H,20,21)(H,22,23)(H2,11,12,13)(H2,17,18,19)/t5-,6-,7-/m1/s1/i1+1,2+1,3+1,4+1,5+1,6+1,7+1,8+1,9+1,10+1. The third kappa shape index (κ3) is 5.68. The van der Waals surface area contributed by atoms with Gasteiger partial charge in [-0.1, -0.05) is 0 Å². The monoisotopic (exact) mass is 501 g/mol. The lowest BCUT2D eigenvalue weighted by Crippen LogP contribution is -2.26. The van der Waals surface area contributed by atoms with Gasteiger partial charge in [0.25, 0.3) is 0 Å². The molecule has 1 fully saturated rings. The van der Waals surface area contributed by atoms with Gasteiger partial charge in [-0.25, -0.2) is 28.6 Å². The third-order valence-corrected chi connectivity index (χ3v) is 7.52. The Balaban J connectivity index is 1.64. The van der Waals surface area contributed by atoms with Gasteiger partial charge in [0.15, 0.2) is 11.5 Å². The van der Waals surface area contributed by atoms with Gasteiger partial charge in [0.05, 0.1) is 19.0 Å². The number of aliphatic hydroxyl groups is 1. The number of hydrogen-bond donors (Lipinski definition) is 6. The van der Waals surface area contributed by atoms with Crippen LogP contribution in [0.15, 0.2) is 12.7 Å². The Bertz CT molecular complexity index is 1070. The normalized spacial score (nSPS) is 26.5. The number of anilines is 1. The number of nitrogen functional groups attached to an aromatic ring is 1. The first kappa shape index (κ1) is 23.3. The first-order chi connectivity index (χ1) is 13.8. The van der Waals surface area contributed by atoms with Crippen molar-refractivity contribution in [2.24, 2.45) is 0 Å². The number of phosphoric acid groups is 3. The van der Waals surface area contributed by atoms with Gasteiger partial charge < -0.3 is 35.2 Å². The fourth-order valence-corrected chi connectivity index (χ4v) is 5.62. The van der Waals surface area contributed by atoms with Gasteiger partial charge in [-0.2, -0.15) is 8.62 Å². The zero-order valence-electron chi connectivity index (χ0n) is 14.6. The van der Waals surface area contributed by atoms with Crippen molar-refractivity contribution in [3.05, 3.63) is 12.7 Å². The third-order valence-electron chi connectivity index (χ3n) is 3.72. The molecular formula is C10H16N5O12P3. The van der Waals surface area contributed by atoms with E-state index in [0.717, 1.165) is 0 Å². The van der Waals surface area contributed by atoms with E-state index in [2.05, 4.69) is 28.1 Å². The Morgan fingerprint density at radius 2 is 1.83 bits per heavy atom. The molecule has 30 heavy (non-hydrogen) atoms. The van der Waals surface area contributed by atoms with Crippen LogP contribution in [-0.2, 0) is 31.6 Å². The number of nitrogens with two attached hydrogens (primary N) is 1. The molecule has 17 nitrogen and oxygen atoms in total. The van der Waals surface area contributed by atoms with Crippen LogP contribution in [0.1, 0.15) is 12.6 Å². The van der Waals surface area contributed by atoms with Gasteiger partial charge in [0.2, 0.25) is 0 Å². The molecule has 7 N–H and O–H groups in total. The molecule has 168 valence electrons. The van der Waals surface area contributed by atoms with Crippen molar-refractivity contribution < 1.29 is 56.3 Å². The van der Waals surface area contributed by atoms with E-state index in [9.17, 15) is 23.7 Å². The van der Waals surface area contributed by atoms with Crippen LogP contribution < -0.4 is 5.73 Å². The Morgan fingerprint density at radius 1 is 1.13 bits per heavy atom. The Labute approximate surface area is 166 Å². The number of imidazole rings is 1. The van der Waals surface area contributed by atoms with Gasteiger partial charge >= 0.3 is 23.5 Å². The fraction of sp³-hybridized carbons (Fsp3) is 0.500. The average Bonchev–Trinajstić information content (AvgIpc) is 3.14. The topological polar surface area (TPSA) is 259 Å². The van der Waals surface area contributed by atoms with Crippen LogP contribution in [-0.4, -0.2) is 63.0 Å². The molecule has 20 heteroatoms. The first-order valence-electron chi connectivity index (χ1n) is 7.81. The van der Waals surface area contributed by atoms with Crippen molar-refractivity contribution in [1.82, 2.24) is 19.5 Å². The minimum Gasteiger partial charge on any atom is -0.390 e. The predicted molar refractivity (Wildman–Crippen MR) is 94.1 cm³/mol. The van der Waals surface area contributed by atoms with Gasteiger partial charge in [-0.3, -0.25) is 9.09 Å². The van der Waals surface area contributed by atoms with Crippen molar-refractivity contribution in [3.63, 3.8) is 0 Å². The second kappa shape index (κ2) is 8.31. The molecule has 0 radical (unpaired) electrons. The Morgan fingerprint density at radius 3 is 2.50 bits per heavy atom. The summed E-state index contributed by atoms with van der Waals surface area (Å²) in [6, 6.07) is 0. The summed E-state index contributed by atoms with van der Waals surface area (Å²) in [5.41, 5.74) is 6.31. The maximum absolute atomic E-state index is 11.8. The fourth-order valence-electron chi connectivity index (χ4n) is 2.59. The second-order valence-corrected chi connectivity index (χ2v) is 10.3. The van der Waals surface area contributed by atoms with Crippen LogP contribution in [0.2, 0.25) is 0 Å². The number of phosphoric ester groups is 1. The summed E-state index contributed by atoms with van der Waals surface area (Å²) in [7, 11) is -16.5. The number of hydrogen-bond acceptors (Lipinski definition) is 12. The molecule has 2 aromatic heterocycles. The lowest BCUT2D eigenvalue weighted by Gasteiger charge is -2.19. The molecule has 0 saturated carbocycles. The lowest BCUT2D eigenvalue weighted by molar-refractivity contribution is -0.0423. The summed E-state index contributed by atoms with van der Waals surface area (Å²) in [4.78, 5) is 47.4. The Kier molecular flexibility index (Phi) is 6.47.